The average Bonchev–Trinajstić information content (AvgIpc) is 2.49. The molecule has 8 heteroatoms. The minimum atomic E-state index is -0.728. The molecule has 0 unspecified atom stereocenters. The second-order valence-corrected chi connectivity index (χ2v) is 2.22. The van der Waals surface area contributed by atoms with Gasteiger partial charge in [-0.05, 0) is 9.91 Å². The first-order valence-electron chi connectivity index (χ1n) is 3.26. The number of hydrogen-bond donors (Lipinski definition) is 1. The lowest BCUT2D eigenvalue weighted by molar-refractivity contribution is -0.394. The third-order valence-electron chi connectivity index (χ3n) is 1.42. The van der Waals surface area contributed by atoms with Gasteiger partial charge in [0.15, 0.2) is 0 Å². The van der Waals surface area contributed by atoms with Crippen LogP contribution in [0.15, 0.2) is 17.1 Å². The summed E-state index contributed by atoms with van der Waals surface area (Å²) in [6.45, 7) is 0. The van der Waals surface area contributed by atoms with Gasteiger partial charge in [-0.25, -0.2) is 4.98 Å². The zero-order chi connectivity index (χ0) is 9.42. The number of nitrogens with one attached hydrogen (secondary N) is 1. The molecule has 2 aromatic rings. The van der Waals surface area contributed by atoms with Crippen molar-refractivity contribution < 1.29 is 4.92 Å². The van der Waals surface area contributed by atoms with Crippen molar-refractivity contribution in [3.05, 3.63) is 32.7 Å². The molecule has 0 aromatic carbocycles. The lowest BCUT2D eigenvalue weighted by Crippen LogP contribution is -2.12. The molecule has 0 saturated heterocycles. The molecule has 2 rings (SSSR count). The predicted molar refractivity (Wildman–Crippen MR) is 40.3 cm³/mol. The normalized spacial score (nSPS) is 10.5. The number of hydrogen-bond acceptors (Lipinski definition) is 5. The number of nitro groups is 1. The Hall–Kier alpha value is -2.25. The molecule has 0 aliphatic heterocycles. The molecule has 13 heavy (non-hydrogen) atoms. The van der Waals surface area contributed by atoms with Gasteiger partial charge in [-0.1, -0.05) is 0 Å². The number of fused-ring (bicyclic) bond motifs is 1. The molecule has 0 bridgehead atoms. The van der Waals surface area contributed by atoms with E-state index in [0.717, 1.165) is 4.52 Å². The molecule has 0 fully saturated rings. The van der Waals surface area contributed by atoms with Crippen molar-refractivity contribution in [2.75, 3.05) is 0 Å². The number of H-pyrrole nitrogens is 1. The van der Waals surface area contributed by atoms with Gasteiger partial charge in [0.1, 0.15) is 0 Å². The number of rotatable bonds is 1. The molecule has 2 aromatic heterocycles. The van der Waals surface area contributed by atoms with E-state index in [9.17, 15) is 14.9 Å². The fourth-order valence-corrected chi connectivity index (χ4v) is 0.884. The Labute approximate surface area is 70.0 Å². The van der Waals surface area contributed by atoms with E-state index in [0.29, 0.717) is 0 Å². The van der Waals surface area contributed by atoms with Gasteiger partial charge in [0.05, 0.1) is 0 Å². The molecule has 0 aliphatic rings. The summed E-state index contributed by atoms with van der Waals surface area (Å²) in [6.07, 6.45) is 1.24. The number of aromatic amines is 1. The Morgan fingerprint density at radius 3 is 3.00 bits per heavy atom. The highest BCUT2D eigenvalue weighted by molar-refractivity contribution is 5.28. The highest BCUT2D eigenvalue weighted by Gasteiger charge is 2.14. The molecule has 0 atom stereocenters. The van der Waals surface area contributed by atoms with Crippen LogP contribution in [0.1, 0.15) is 0 Å². The monoisotopic (exact) mass is 181 g/mol. The van der Waals surface area contributed by atoms with Crippen LogP contribution in [0.3, 0.4) is 0 Å². The molecule has 0 radical (unpaired) electrons. The van der Waals surface area contributed by atoms with Gasteiger partial charge in [0, 0.05) is 12.3 Å². The van der Waals surface area contributed by atoms with Crippen LogP contribution in [0.4, 0.5) is 5.95 Å². The highest BCUT2D eigenvalue weighted by atomic mass is 16.6. The Morgan fingerprint density at radius 2 is 2.38 bits per heavy atom. The molecular formula is C5H3N5O3. The molecule has 0 saturated carbocycles. The maximum atomic E-state index is 11.0. The number of nitrogens with zero attached hydrogens (tertiary/aromatic N) is 4. The van der Waals surface area contributed by atoms with Crippen LogP contribution >= 0.6 is 0 Å². The summed E-state index contributed by atoms with van der Waals surface area (Å²) >= 11 is 0. The SMILES string of the molecule is O=c1ccnc2nc([N+](=O)[O-])[nH]n12. The molecule has 1 N–H and O–H groups in total. The van der Waals surface area contributed by atoms with E-state index in [1.54, 1.807) is 0 Å². The van der Waals surface area contributed by atoms with Crippen molar-refractivity contribution in [3.8, 4) is 0 Å². The van der Waals surface area contributed by atoms with E-state index < -0.39 is 16.4 Å². The second kappa shape index (κ2) is 2.37. The largest absolute Gasteiger partial charge is 0.454 e. The third-order valence-corrected chi connectivity index (χ3v) is 1.42. The van der Waals surface area contributed by atoms with Crippen LogP contribution in [-0.4, -0.2) is 24.5 Å². The first-order valence-corrected chi connectivity index (χ1v) is 3.26. The van der Waals surface area contributed by atoms with Gasteiger partial charge in [-0.2, -0.15) is 5.10 Å². The lowest BCUT2D eigenvalue weighted by Gasteiger charge is -1.84. The zero-order valence-corrected chi connectivity index (χ0v) is 6.17. The maximum absolute atomic E-state index is 11.0. The van der Waals surface area contributed by atoms with E-state index in [-0.39, 0.29) is 5.78 Å². The molecular weight excluding hydrogens is 178 g/mol. The van der Waals surface area contributed by atoms with Crippen molar-refractivity contribution in [1.82, 2.24) is 19.6 Å². The van der Waals surface area contributed by atoms with Gasteiger partial charge in [-0.15, -0.1) is 4.52 Å². The van der Waals surface area contributed by atoms with Gasteiger partial charge in [0.2, 0.25) is 0 Å². The van der Waals surface area contributed by atoms with Crippen LogP contribution < -0.4 is 5.56 Å². The molecule has 0 spiro atoms. The van der Waals surface area contributed by atoms with E-state index in [1.165, 1.54) is 12.3 Å². The van der Waals surface area contributed by atoms with Gasteiger partial charge >= 0.3 is 11.7 Å². The van der Waals surface area contributed by atoms with E-state index in [1.807, 2.05) is 0 Å². The lowest BCUT2D eigenvalue weighted by atomic mass is 10.7. The van der Waals surface area contributed by atoms with Crippen LogP contribution in [-0.2, 0) is 0 Å². The van der Waals surface area contributed by atoms with Crippen LogP contribution in [0.5, 0.6) is 0 Å². The fourth-order valence-electron chi connectivity index (χ4n) is 0.884. The van der Waals surface area contributed by atoms with Gasteiger partial charge in [0.25, 0.3) is 5.56 Å². The Kier molecular flexibility index (Phi) is 1.35. The minimum absolute atomic E-state index is 0.0146. The van der Waals surface area contributed by atoms with Crippen molar-refractivity contribution in [2.45, 2.75) is 0 Å². The number of aromatic nitrogens is 4. The fraction of sp³-hybridized carbons (Fsp3) is 0. The third kappa shape index (κ3) is 1.04. The van der Waals surface area contributed by atoms with Crippen molar-refractivity contribution >= 4 is 11.7 Å². The molecule has 0 amide bonds. The topological polar surface area (TPSA) is 106 Å². The van der Waals surface area contributed by atoms with Crippen LogP contribution in [0.25, 0.3) is 5.78 Å². The Bertz CT molecular complexity index is 526. The van der Waals surface area contributed by atoms with E-state index >= 15 is 0 Å². The van der Waals surface area contributed by atoms with Gasteiger partial charge in [-0.3, -0.25) is 4.79 Å². The molecule has 2 heterocycles. The predicted octanol–water partition coefficient (Wildman–Crippen LogP) is -0.674. The standard InChI is InChI=1S/C5H3N5O3/c11-3-1-2-6-4-7-5(10(12)13)8-9(3)4/h1-2H,(H,6,7,8). The first kappa shape index (κ1) is 7.40. The molecule has 8 nitrogen and oxygen atoms in total. The van der Waals surface area contributed by atoms with E-state index in [4.69, 9.17) is 0 Å². The summed E-state index contributed by atoms with van der Waals surface area (Å²) in [7, 11) is 0. The quantitative estimate of drug-likeness (QED) is 0.463. The summed E-state index contributed by atoms with van der Waals surface area (Å²) in [5.41, 5.74) is -0.439. The summed E-state index contributed by atoms with van der Waals surface area (Å²) < 4.78 is 0.901. The maximum Gasteiger partial charge on any atom is 0.454 e. The summed E-state index contributed by atoms with van der Waals surface area (Å²) in [6, 6.07) is 1.18. The van der Waals surface area contributed by atoms with Crippen LogP contribution in [0.2, 0.25) is 0 Å². The smallest absolute Gasteiger partial charge is 0.390 e. The highest BCUT2D eigenvalue weighted by Crippen LogP contribution is 2.01. The summed E-state index contributed by atoms with van der Waals surface area (Å²) in [4.78, 5) is 27.7. The van der Waals surface area contributed by atoms with Crippen molar-refractivity contribution in [2.24, 2.45) is 0 Å². The van der Waals surface area contributed by atoms with Crippen molar-refractivity contribution in [3.63, 3.8) is 0 Å². The zero-order valence-electron chi connectivity index (χ0n) is 6.17. The molecule has 0 aliphatic carbocycles. The van der Waals surface area contributed by atoms with Crippen molar-refractivity contribution in [1.29, 1.82) is 0 Å². The minimum Gasteiger partial charge on any atom is -0.390 e. The Balaban J connectivity index is 2.83. The van der Waals surface area contributed by atoms with Gasteiger partial charge < -0.3 is 10.1 Å². The molecule has 66 valence electrons. The Morgan fingerprint density at radius 1 is 1.62 bits per heavy atom. The second-order valence-electron chi connectivity index (χ2n) is 2.22. The summed E-state index contributed by atoms with van der Waals surface area (Å²) in [5.74, 6) is -0.519. The first-order chi connectivity index (χ1) is 6.18. The average molecular weight is 181 g/mol. The van der Waals surface area contributed by atoms with E-state index in [2.05, 4.69) is 15.1 Å². The van der Waals surface area contributed by atoms with Crippen LogP contribution in [0, 0.1) is 10.1 Å². The summed E-state index contributed by atoms with van der Waals surface area (Å²) in [5, 5.41) is 12.4.